The Morgan fingerprint density at radius 1 is 1.33 bits per heavy atom. The van der Waals surface area contributed by atoms with Crippen LogP contribution in [0.1, 0.15) is 33.1 Å². The number of carboxylic acid groups (broad SMARTS) is 1. The van der Waals surface area contributed by atoms with Crippen molar-refractivity contribution < 1.29 is 23.1 Å². The summed E-state index contributed by atoms with van der Waals surface area (Å²) in [5.74, 6) is -1.10. The maximum Gasteiger partial charge on any atom is 0.326 e. The number of piperidine rings is 1. The maximum atomic E-state index is 12.2. The number of hydrogen-bond donors (Lipinski definition) is 2. The number of hydrogen-bond acceptors (Lipinski definition) is 4. The molecule has 1 aliphatic heterocycles. The number of aliphatic carboxylic acids is 1. The average Bonchev–Trinajstić information content (AvgIpc) is 2.35. The molecule has 0 aliphatic carbocycles. The molecule has 1 saturated heterocycles. The Morgan fingerprint density at radius 3 is 2.48 bits per heavy atom. The SMILES string of the molecule is CC1CCC(C)N(C(=O)NC(CCS(C)(=O)=O)C(=O)O)C1. The molecule has 1 heterocycles. The van der Waals surface area contributed by atoms with Gasteiger partial charge in [-0.05, 0) is 32.1 Å². The summed E-state index contributed by atoms with van der Waals surface area (Å²) in [5, 5.41) is 11.5. The van der Waals surface area contributed by atoms with Crippen LogP contribution in [0.3, 0.4) is 0 Å². The molecule has 0 saturated carbocycles. The highest BCUT2D eigenvalue weighted by atomic mass is 32.2. The minimum atomic E-state index is -3.26. The molecule has 0 aromatic heterocycles. The number of amides is 2. The Balaban J connectivity index is 2.65. The molecule has 3 atom stereocenters. The van der Waals surface area contributed by atoms with E-state index in [0.29, 0.717) is 12.5 Å². The second kappa shape index (κ2) is 7.11. The van der Waals surface area contributed by atoms with E-state index in [1.165, 1.54) is 0 Å². The molecule has 1 aliphatic rings. The summed E-state index contributed by atoms with van der Waals surface area (Å²) in [7, 11) is -3.26. The van der Waals surface area contributed by atoms with Crippen LogP contribution in [0.5, 0.6) is 0 Å². The molecule has 2 N–H and O–H groups in total. The molecule has 0 radical (unpaired) electrons. The normalized spacial score (nSPS) is 24.4. The molecular weight excluding hydrogens is 296 g/mol. The van der Waals surface area contributed by atoms with E-state index in [2.05, 4.69) is 5.32 Å². The van der Waals surface area contributed by atoms with Crippen LogP contribution >= 0.6 is 0 Å². The minimum Gasteiger partial charge on any atom is -0.480 e. The van der Waals surface area contributed by atoms with Crippen LogP contribution in [0.2, 0.25) is 0 Å². The Hall–Kier alpha value is -1.31. The van der Waals surface area contributed by atoms with Crippen molar-refractivity contribution in [3.8, 4) is 0 Å². The number of carbonyl (C=O) groups is 2. The van der Waals surface area contributed by atoms with E-state index in [4.69, 9.17) is 5.11 Å². The predicted octanol–water partition coefficient (Wildman–Crippen LogP) is 0.704. The molecule has 0 aromatic carbocycles. The average molecular weight is 320 g/mol. The van der Waals surface area contributed by atoms with E-state index in [-0.39, 0.29) is 18.2 Å². The highest BCUT2D eigenvalue weighted by Crippen LogP contribution is 2.21. The van der Waals surface area contributed by atoms with E-state index in [1.54, 1.807) is 4.90 Å². The number of urea groups is 1. The minimum absolute atomic E-state index is 0.0607. The highest BCUT2D eigenvalue weighted by molar-refractivity contribution is 7.90. The van der Waals surface area contributed by atoms with Crippen molar-refractivity contribution in [3.63, 3.8) is 0 Å². The summed E-state index contributed by atoms with van der Waals surface area (Å²) >= 11 is 0. The van der Waals surface area contributed by atoms with Crippen LogP contribution in [0.4, 0.5) is 4.79 Å². The van der Waals surface area contributed by atoms with Crippen LogP contribution in [-0.2, 0) is 14.6 Å². The molecule has 1 rings (SSSR count). The number of likely N-dealkylation sites (tertiary alicyclic amines) is 1. The summed E-state index contributed by atoms with van der Waals surface area (Å²) in [6, 6.07) is -1.56. The van der Waals surface area contributed by atoms with Gasteiger partial charge in [0.15, 0.2) is 0 Å². The zero-order valence-electron chi connectivity index (χ0n) is 12.7. The first-order valence-electron chi connectivity index (χ1n) is 7.08. The largest absolute Gasteiger partial charge is 0.480 e. The first-order chi connectivity index (χ1) is 9.60. The van der Waals surface area contributed by atoms with Gasteiger partial charge in [-0.3, -0.25) is 0 Å². The van der Waals surface area contributed by atoms with Crippen LogP contribution in [0, 0.1) is 5.92 Å². The monoisotopic (exact) mass is 320 g/mol. The van der Waals surface area contributed by atoms with Crippen LogP contribution in [0.15, 0.2) is 0 Å². The summed E-state index contributed by atoms with van der Waals surface area (Å²) in [6.45, 7) is 4.56. The van der Waals surface area contributed by atoms with E-state index in [1.807, 2.05) is 13.8 Å². The molecule has 8 heteroatoms. The lowest BCUT2D eigenvalue weighted by Crippen LogP contribution is -2.53. The molecule has 7 nitrogen and oxygen atoms in total. The van der Waals surface area contributed by atoms with Gasteiger partial charge in [0.2, 0.25) is 0 Å². The van der Waals surface area contributed by atoms with Crippen molar-refractivity contribution in [2.75, 3.05) is 18.6 Å². The summed E-state index contributed by atoms with van der Waals surface area (Å²) < 4.78 is 22.2. The van der Waals surface area contributed by atoms with Crippen molar-refractivity contribution in [2.45, 2.75) is 45.2 Å². The van der Waals surface area contributed by atoms with Crippen LogP contribution in [0.25, 0.3) is 0 Å². The van der Waals surface area contributed by atoms with Crippen LogP contribution in [-0.4, -0.2) is 61.1 Å². The van der Waals surface area contributed by atoms with Gasteiger partial charge in [0.05, 0.1) is 5.75 Å². The van der Waals surface area contributed by atoms with E-state index < -0.39 is 27.9 Å². The van der Waals surface area contributed by atoms with Crippen molar-refractivity contribution >= 4 is 21.8 Å². The zero-order chi connectivity index (χ0) is 16.2. The second-order valence-corrected chi connectivity index (χ2v) is 8.20. The van der Waals surface area contributed by atoms with Gasteiger partial charge in [0.25, 0.3) is 0 Å². The van der Waals surface area contributed by atoms with Crippen molar-refractivity contribution in [1.29, 1.82) is 0 Å². The molecular formula is C13H24N2O5S. The molecule has 2 amide bonds. The van der Waals surface area contributed by atoms with Crippen molar-refractivity contribution in [1.82, 2.24) is 10.2 Å². The molecule has 1 fully saturated rings. The van der Waals surface area contributed by atoms with Crippen LogP contribution < -0.4 is 5.32 Å². The van der Waals surface area contributed by atoms with Gasteiger partial charge in [-0.2, -0.15) is 0 Å². The number of carbonyl (C=O) groups excluding carboxylic acids is 1. The summed E-state index contributed by atoms with van der Waals surface area (Å²) in [6.07, 6.45) is 2.84. The molecule has 3 unspecified atom stereocenters. The number of carboxylic acids is 1. The maximum absolute atomic E-state index is 12.2. The summed E-state index contributed by atoms with van der Waals surface area (Å²) in [4.78, 5) is 25.0. The first kappa shape index (κ1) is 17.7. The quantitative estimate of drug-likeness (QED) is 0.776. The van der Waals surface area contributed by atoms with Gasteiger partial charge < -0.3 is 15.3 Å². The smallest absolute Gasteiger partial charge is 0.326 e. The topological polar surface area (TPSA) is 104 Å². The molecule has 21 heavy (non-hydrogen) atoms. The lowest BCUT2D eigenvalue weighted by Gasteiger charge is -2.37. The van der Waals surface area contributed by atoms with Crippen molar-refractivity contribution in [3.05, 3.63) is 0 Å². The van der Waals surface area contributed by atoms with Gasteiger partial charge in [-0.1, -0.05) is 6.92 Å². The third-order valence-corrected chi connectivity index (χ3v) is 4.73. The van der Waals surface area contributed by atoms with E-state index in [0.717, 1.165) is 19.1 Å². The molecule has 122 valence electrons. The van der Waals surface area contributed by atoms with E-state index in [9.17, 15) is 18.0 Å². The predicted molar refractivity (Wildman–Crippen MR) is 78.8 cm³/mol. The first-order valence-corrected chi connectivity index (χ1v) is 9.14. The Kier molecular flexibility index (Phi) is 6.00. The van der Waals surface area contributed by atoms with Gasteiger partial charge in [0.1, 0.15) is 15.9 Å². The summed E-state index contributed by atoms with van der Waals surface area (Å²) in [5.41, 5.74) is 0. The number of sulfone groups is 1. The third kappa shape index (κ3) is 5.91. The Bertz CT molecular complexity index is 491. The van der Waals surface area contributed by atoms with Gasteiger partial charge in [0, 0.05) is 18.8 Å². The molecule has 0 spiro atoms. The van der Waals surface area contributed by atoms with E-state index >= 15 is 0 Å². The number of nitrogens with one attached hydrogen (secondary N) is 1. The fourth-order valence-electron chi connectivity index (χ4n) is 2.39. The van der Waals surface area contributed by atoms with Gasteiger partial charge in [-0.15, -0.1) is 0 Å². The fourth-order valence-corrected chi connectivity index (χ4v) is 3.06. The molecule has 0 aromatic rings. The van der Waals surface area contributed by atoms with Gasteiger partial charge in [-0.25, -0.2) is 18.0 Å². The van der Waals surface area contributed by atoms with Crippen molar-refractivity contribution in [2.24, 2.45) is 5.92 Å². The zero-order valence-corrected chi connectivity index (χ0v) is 13.5. The van der Waals surface area contributed by atoms with Gasteiger partial charge >= 0.3 is 12.0 Å². The Labute approximate surface area is 125 Å². The standard InChI is InChI=1S/C13H24N2O5S/c1-9-4-5-10(2)15(8-9)13(18)14-11(12(16)17)6-7-21(3,19)20/h9-11H,4-8H2,1-3H3,(H,14,18)(H,16,17). The number of nitrogens with zero attached hydrogens (tertiary/aromatic N) is 1. The third-order valence-electron chi connectivity index (χ3n) is 3.75. The lowest BCUT2D eigenvalue weighted by atomic mass is 9.95. The fraction of sp³-hybridized carbons (Fsp3) is 0.846. The Morgan fingerprint density at radius 2 is 1.95 bits per heavy atom. The number of rotatable bonds is 5. The molecule has 0 bridgehead atoms. The highest BCUT2D eigenvalue weighted by Gasteiger charge is 2.30. The second-order valence-electron chi connectivity index (χ2n) is 5.94. The lowest BCUT2D eigenvalue weighted by molar-refractivity contribution is -0.139.